The highest BCUT2D eigenvalue weighted by Gasteiger charge is 2.33. The van der Waals surface area contributed by atoms with Crippen LogP contribution in [0.5, 0.6) is 11.5 Å². The summed E-state index contributed by atoms with van der Waals surface area (Å²) in [5.41, 5.74) is 4.05. The summed E-state index contributed by atoms with van der Waals surface area (Å²) < 4.78 is 11.9. The molecule has 1 amide bonds. The third-order valence-electron chi connectivity index (χ3n) is 5.86. The molecule has 0 radical (unpaired) electrons. The summed E-state index contributed by atoms with van der Waals surface area (Å²) in [6.07, 6.45) is 0.606. The molecule has 7 heteroatoms. The zero-order valence-electron chi connectivity index (χ0n) is 18.3. The van der Waals surface area contributed by atoms with E-state index in [-0.39, 0.29) is 12.1 Å². The van der Waals surface area contributed by atoms with Gasteiger partial charge in [0, 0.05) is 18.0 Å². The molecule has 6 nitrogen and oxygen atoms in total. The second kappa shape index (κ2) is 8.84. The van der Waals surface area contributed by atoms with Gasteiger partial charge in [0.15, 0.2) is 11.5 Å². The fourth-order valence-corrected chi connectivity index (χ4v) is 5.59. The van der Waals surface area contributed by atoms with Crippen molar-refractivity contribution < 1.29 is 14.3 Å². The number of carbonyl (C=O) groups is 1. The number of thiophene rings is 1. The van der Waals surface area contributed by atoms with Crippen molar-refractivity contribution in [2.24, 2.45) is 0 Å². The lowest BCUT2D eigenvalue weighted by atomic mass is 10.0. The predicted molar refractivity (Wildman–Crippen MR) is 127 cm³/mol. The van der Waals surface area contributed by atoms with Gasteiger partial charge in [0.25, 0.3) is 5.91 Å². The minimum atomic E-state index is -0.310. The number of hydrogen-bond donors (Lipinski definition) is 2. The Morgan fingerprint density at radius 3 is 2.75 bits per heavy atom. The molecule has 0 unspecified atom stereocenters. The maximum absolute atomic E-state index is 13.0. The van der Waals surface area contributed by atoms with E-state index in [1.54, 1.807) is 11.3 Å². The molecular weight excluding hydrogens is 422 g/mol. The van der Waals surface area contributed by atoms with Gasteiger partial charge in [-0.1, -0.05) is 36.4 Å². The quantitative estimate of drug-likeness (QED) is 0.577. The molecular formula is C25H27N3O3S. The Hall–Kier alpha value is -3.03. The lowest BCUT2D eigenvalue weighted by molar-refractivity contribution is 0.0934. The molecule has 1 aromatic heterocycles. The molecule has 3 heterocycles. The van der Waals surface area contributed by atoms with Gasteiger partial charge in [0.05, 0.1) is 12.2 Å². The van der Waals surface area contributed by atoms with Crippen LogP contribution in [0.25, 0.3) is 0 Å². The molecule has 0 spiro atoms. The maximum Gasteiger partial charge on any atom is 0.256 e. The maximum atomic E-state index is 13.0. The second-order valence-electron chi connectivity index (χ2n) is 8.16. The Kier molecular flexibility index (Phi) is 5.76. The van der Waals surface area contributed by atoms with E-state index in [9.17, 15) is 4.79 Å². The lowest BCUT2D eigenvalue weighted by Crippen LogP contribution is -2.38. The number of amides is 1. The van der Waals surface area contributed by atoms with Crippen molar-refractivity contribution in [3.63, 3.8) is 0 Å². The molecule has 3 aromatic rings. The van der Waals surface area contributed by atoms with Crippen molar-refractivity contribution in [3.05, 3.63) is 75.7 Å². The summed E-state index contributed by atoms with van der Waals surface area (Å²) in [4.78, 5) is 16.6. The molecule has 0 bridgehead atoms. The number of rotatable bonds is 6. The summed E-state index contributed by atoms with van der Waals surface area (Å²) in [5, 5.41) is 7.62. The van der Waals surface area contributed by atoms with Crippen LogP contribution in [-0.2, 0) is 19.6 Å². The fourth-order valence-electron chi connectivity index (χ4n) is 4.24. The minimum Gasteiger partial charge on any atom is -0.490 e. The molecule has 2 aromatic carbocycles. The van der Waals surface area contributed by atoms with E-state index in [1.807, 2.05) is 55.5 Å². The first-order valence-corrected chi connectivity index (χ1v) is 11.8. The molecule has 5 rings (SSSR count). The van der Waals surface area contributed by atoms with Crippen molar-refractivity contribution in [2.75, 3.05) is 25.5 Å². The number of fused-ring (bicyclic) bond motifs is 3. The molecule has 32 heavy (non-hydrogen) atoms. The number of nitrogens with zero attached hydrogens (tertiary/aromatic N) is 1. The van der Waals surface area contributed by atoms with Gasteiger partial charge in [-0.3, -0.25) is 4.79 Å². The van der Waals surface area contributed by atoms with Crippen molar-refractivity contribution in [1.82, 2.24) is 10.2 Å². The van der Waals surface area contributed by atoms with Gasteiger partial charge < -0.3 is 25.0 Å². The van der Waals surface area contributed by atoms with Gasteiger partial charge in [-0.15, -0.1) is 11.3 Å². The van der Waals surface area contributed by atoms with Gasteiger partial charge in [-0.2, -0.15) is 0 Å². The highest BCUT2D eigenvalue weighted by molar-refractivity contribution is 7.16. The van der Waals surface area contributed by atoms with Crippen molar-refractivity contribution in [1.29, 1.82) is 0 Å². The Labute approximate surface area is 192 Å². The Bertz CT molecular complexity index is 1130. The van der Waals surface area contributed by atoms with Crippen LogP contribution in [0.4, 0.5) is 5.00 Å². The van der Waals surface area contributed by atoms with Gasteiger partial charge in [0.1, 0.15) is 17.8 Å². The molecule has 0 saturated carbocycles. The topological polar surface area (TPSA) is 62.8 Å². The third kappa shape index (κ3) is 4.06. The van der Waals surface area contributed by atoms with E-state index in [4.69, 9.17) is 9.47 Å². The fraction of sp³-hybridized carbons (Fsp3) is 0.320. The zero-order chi connectivity index (χ0) is 22.1. The van der Waals surface area contributed by atoms with Crippen LogP contribution in [-0.4, -0.2) is 31.0 Å². The van der Waals surface area contributed by atoms with Crippen LogP contribution in [0.2, 0.25) is 0 Å². The first-order valence-electron chi connectivity index (χ1n) is 11.0. The number of carbonyl (C=O) groups excluding carboxylic acids is 1. The van der Waals surface area contributed by atoms with Crippen LogP contribution in [0.15, 0.2) is 48.5 Å². The normalized spacial score (nSPS) is 17.7. The number of hydrogen-bond acceptors (Lipinski definition) is 6. The van der Waals surface area contributed by atoms with E-state index >= 15 is 0 Å². The van der Waals surface area contributed by atoms with Gasteiger partial charge in [-0.25, -0.2) is 0 Å². The standard InChI is InChI=1S/C25H27N3O3S/c1-3-30-20-13-17(9-10-19(20)31-15-16-7-5-4-6-8-16)23-26-24(29)22-18-11-12-28(2)14-21(18)32-25(22)27-23/h4-10,13,23,27H,3,11-12,14-15H2,1-2H3,(H,26,29)/t23-/m0/s1. The number of anilines is 1. The summed E-state index contributed by atoms with van der Waals surface area (Å²) in [7, 11) is 2.12. The SMILES string of the molecule is CCOc1cc([C@H]2NC(=O)c3c(sc4c3CCN(C)C4)N2)ccc1OCc1ccccc1. The number of likely N-dealkylation sites (N-methyl/N-ethyl adjacent to an activating group) is 1. The molecule has 2 aliphatic rings. The molecule has 1 atom stereocenters. The summed E-state index contributed by atoms with van der Waals surface area (Å²) in [6.45, 7) is 4.83. The first kappa shape index (κ1) is 20.8. The van der Waals surface area contributed by atoms with Crippen molar-refractivity contribution in [2.45, 2.75) is 32.7 Å². The molecule has 2 aliphatic heterocycles. The molecule has 0 aliphatic carbocycles. The van der Waals surface area contributed by atoms with Crippen LogP contribution in [0.3, 0.4) is 0 Å². The minimum absolute atomic E-state index is 0.00633. The van der Waals surface area contributed by atoms with E-state index in [2.05, 4.69) is 22.6 Å². The van der Waals surface area contributed by atoms with E-state index in [1.165, 1.54) is 10.4 Å². The van der Waals surface area contributed by atoms with Gasteiger partial charge in [-0.05, 0) is 49.2 Å². The summed E-state index contributed by atoms with van der Waals surface area (Å²) in [5.74, 6) is 1.36. The zero-order valence-corrected chi connectivity index (χ0v) is 19.1. The summed E-state index contributed by atoms with van der Waals surface area (Å²) in [6, 6.07) is 15.9. The number of ether oxygens (including phenoxy) is 2. The van der Waals surface area contributed by atoms with E-state index in [0.717, 1.165) is 41.2 Å². The predicted octanol–water partition coefficient (Wildman–Crippen LogP) is 4.57. The van der Waals surface area contributed by atoms with Crippen LogP contribution in [0, 0.1) is 0 Å². The smallest absolute Gasteiger partial charge is 0.256 e. The number of benzene rings is 2. The lowest BCUT2D eigenvalue weighted by Gasteiger charge is -2.28. The largest absolute Gasteiger partial charge is 0.490 e. The second-order valence-corrected chi connectivity index (χ2v) is 9.27. The Morgan fingerprint density at radius 2 is 1.94 bits per heavy atom. The van der Waals surface area contributed by atoms with Crippen LogP contribution in [0.1, 0.15) is 45.0 Å². The monoisotopic (exact) mass is 449 g/mol. The van der Waals surface area contributed by atoms with E-state index < -0.39 is 0 Å². The first-order chi connectivity index (χ1) is 15.6. The highest BCUT2D eigenvalue weighted by Crippen LogP contribution is 2.41. The molecule has 0 saturated heterocycles. The Balaban J connectivity index is 1.38. The average molecular weight is 450 g/mol. The van der Waals surface area contributed by atoms with Gasteiger partial charge in [0.2, 0.25) is 0 Å². The van der Waals surface area contributed by atoms with Crippen molar-refractivity contribution >= 4 is 22.2 Å². The molecule has 0 fully saturated rings. The molecule has 2 N–H and O–H groups in total. The number of nitrogens with one attached hydrogen (secondary N) is 2. The highest BCUT2D eigenvalue weighted by atomic mass is 32.1. The molecule has 166 valence electrons. The van der Waals surface area contributed by atoms with Crippen molar-refractivity contribution in [3.8, 4) is 11.5 Å². The van der Waals surface area contributed by atoms with Crippen LogP contribution >= 0.6 is 11.3 Å². The van der Waals surface area contributed by atoms with Crippen LogP contribution < -0.4 is 20.1 Å². The average Bonchev–Trinajstić information content (AvgIpc) is 3.17. The van der Waals surface area contributed by atoms with E-state index in [0.29, 0.717) is 24.7 Å². The van der Waals surface area contributed by atoms with Gasteiger partial charge >= 0.3 is 0 Å². The third-order valence-corrected chi connectivity index (χ3v) is 7.01. The summed E-state index contributed by atoms with van der Waals surface area (Å²) >= 11 is 1.70. The Morgan fingerprint density at radius 1 is 1.09 bits per heavy atom.